The number of pyridine rings is 1. The van der Waals surface area contributed by atoms with Crippen molar-refractivity contribution in [2.45, 2.75) is 26.9 Å². The van der Waals surface area contributed by atoms with Gasteiger partial charge in [-0.05, 0) is 43.2 Å². The molecular weight excluding hydrogens is 272 g/mol. The summed E-state index contributed by atoms with van der Waals surface area (Å²) in [5.41, 5.74) is 2.00. The highest BCUT2D eigenvalue weighted by Crippen LogP contribution is 2.20. The zero-order valence-electron chi connectivity index (χ0n) is 11.8. The van der Waals surface area contributed by atoms with Gasteiger partial charge in [0.25, 0.3) is 0 Å². The lowest BCUT2D eigenvalue weighted by atomic mass is 10.2. The molecule has 1 heterocycles. The summed E-state index contributed by atoms with van der Waals surface area (Å²) < 4.78 is 5.77. The Morgan fingerprint density at radius 3 is 2.80 bits per heavy atom. The van der Waals surface area contributed by atoms with Crippen LogP contribution in [0.15, 0.2) is 36.4 Å². The van der Waals surface area contributed by atoms with Crippen LogP contribution in [0, 0.1) is 0 Å². The van der Waals surface area contributed by atoms with Gasteiger partial charge in [0, 0.05) is 6.54 Å². The second-order valence-electron chi connectivity index (χ2n) is 4.44. The van der Waals surface area contributed by atoms with Gasteiger partial charge in [-0.2, -0.15) is 0 Å². The second-order valence-corrected chi connectivity index (χ2v) is 4.85. The van der Waals surface area contributed by atoms with E-state index in [9.17, 15) is 0 Å². The molecule has 0 aliphatic heterocycles. The highest BCUT2D eigenvalue weighted by atomic mass is 35.5. The number of nitrogens with zero attached hydrogens (tertiary/aromatic N) is 1. The first-order valence-electron chi connectivity index (χ1n) is 6.84. The summed E-state index contributed by atoms with van der Waals surface area (Å²) in [5.74, 6) is 1.66. The second kappa shape index (κ2) is 7.15. The SMILES string of the molecule is CCNc1ccc(Cl)c(COc2cccc(CC)c2)n1. The van der Waals surface area contributed by atoms with Gasteiger partial charge >= 0.3 is 0 Å². The molecule has 1 aromatic carbocycles. The molecule has 0 spiro atoms. The molecule has 0 atom stereocenters. The quantitative estimate of drug-likeness (QED) is 0.861. The summed E-state index contributed by atoms with van der Waals surface area (Å²) in [4.78, 5) is 4.45. The molecular formula is C16H19ClN2O. The molecule has 106 valence electrons. The lowest BCUT2D eigenvalue weighted by molar-refractivity contribution is 0.301. The van der Waals surface area contributed by atoms with Crippen molar-refractivity contribution in [1.82, 2.24) is 4.98 Å². The molecule has 4 heteroatoms. The van der Waals surface area contributed by atoms with Crippen molar-refractivity contribution in [3.63, 3.8) is 0 Å². The smallest absolute Gasteiger partial charge is 0.132 e. The first kappa shape index (κ1) is 14.7. The Kier molecular flexibility index (Phi) is 5.24. The van der Waals surface area contributed by atoms with E-state index >= 15 is 0 Å². The van der Waals surface area contributed by atoms with Crippen molar-refractivity contribution in [2.24, 2.45) is 0 Å². The van der Waals surface area contributed by atoms with E-state index in [-0.39, 0.29) is 0 Å². The van der Waals surface area contributed by atoms with Crippen LogP contribution < -0.4 is 10.1 Å². The van der Waals surface area contributed by atoms with E-state index in [0.717, 1.165) is 30.2 Å². The van der Waals surface area contributed by atoms with E-state index in [4.69, 9.17) is 16.3 Å². The van der Waals surface area contributed by atoms with Crippen LogP contribution in [0.4, 0.5) is 5.82 Å². The Balaban J connectivity index is 2.07. The average Bonchev–Trinajstić information content (AvgIpc) is 2.48. The molecule has 2 aromatic rings. The van der Waals surface area contributed by atoms with Gasteiger partial charge < -0.3 is 10.1 Å². The molecule has 0 bridgehead atoms. The molecule has 0 amide bonds. The minimum atomic E-state index is 0.366. The molecule has 2 rings (SSSR count). The van der Waals surface area contributed by atoms with Gasteiger partial charge in [0.2, 0.25) is 0 Å². The van der Waals surface area contributed by atoms with E-state index in [2.05, 4.69) is 23.3 Å². The van der Waals surface area contributed by atoms with Gasteiger partial charge in [-0.25, -0.2) is 4.98 Å². The summed E-state index contributed by atoms with van der Waals surface area (Å²) in [6.07, 6.45) is 0.992. The predicted molar refractivity (Wildman–Crippen MR) is 83.6 cm³/mol. The van der Waals surface area contributed by atoms with E-state index in [1.54, 1.807) is 0 Å². The van der Waals surface area contributed by atoms with E-state index in [0.29, 0.717) is 11.6 Å². The summed E-state index contributed by atoms with van der Waals surface area (Å²) in [7, 11) is 0. The Bertz CT molecular complexity index is 572. The number of benzene rings is 1. The predicted octanol–water partition coefficient (Wildman–Crippen LogP) is 4.31. The van der Waals surface area contributed by atoms with Gasteiger partial charge in [-0.3, -0.25) is 0 Å². The van der Waals surface area contributed by atoms with Crippen LogP contribution in [-0.4, -0.2) is 11.5 Å². The van der Waals surface area contributed by atoms with Crippen molar-refractivity contribution in [2.75, 3.05) is 11.9 Å². The standard InChI is InChI=1S/C16H19ClN2O/c1-3-12-6-5-7-13(10-12)20-11-15-14(17)8-9-16(19-15)18-4-2/h5-10H,3-4,11H2,1-2H3,(H,18,19). The molecule has 0 unspecified atom stereocenters. The van der Waals surface area contributed by atoms with Crippen molar-refractivity contribution in [1.29, 1.82) is 0 Å². The fourth-order valence-corrected chi connectivity index (χ4v) is 2.03. The zero-order chi connectivity index (χ0) is 14.4. The maximum atomic E-state index is 6.15. The van der Waals surface area contributed by atoms with Crippen LogP contribution in [-0.2, 0) is 13.0 Å². The molecule has 0 aliphatic rings. The Hall–Kier alpha value is -1.74. The monoisotopic (exact) mass is 290 g/mol. The number of aryl methyl sites for hydroxylation is 1. The molecule has 0 fully saturated rings. The number of nitrogens with one attached hydrogen (secondary N) is 1. The number of anilines is 1. The molecule has 0 aliphatic carbocycles. The molecule has 0 saturated carbocycles. The van der Waals surface area contributed by atoms with Crippen LogP contribution in [0.2, 0.25) is 5.02 Å². The number of rotatable bonds is 6. The number of aromatic nitrogens is 1. The lowest BCUT2D eigenvalue weighted by Gasteiger charge is -2.10. The molecule has 0 radical (unpaired) electrons. The van der Waals surface area contributed by atoms with Crippen LogP contribution in [0.5, 0.6) is 5.75 Å². The normalized spacial score (nSPS) is 10.3. The van der Waals surface area contributed by atoms with Gasteiger partial charge in [0.1, 0.15) is 18.2 Å². The third kappa shape index (κ3) is 3.87. The molecule has 1 N–H and O–H groups in total. The Morgan fingerprint density at radius 1 is 1.20 bits per heavy atom. The minimum Gasteiger partial charge on any atom is -0.487 e. The molecule has 20 heavy (non-hydrogen) atoms. The zero-order valence-corrected chi connectivity index (χ0v) is 12.6. The van der Waals surface area contributed by atoms with Gasteiger partial charge in [-0.1, -0.05) is 30.7 Å². The topological polar surface area (TPSA) is 34.1 Å². The maximum absolute atomic E-state index is 6.15. The van der Waals surface area contributed by atoms with Crippen LogP contribution in [0.25, 0.3) is 0 Å². The minimum absolute atomic E-state index is 0.366. The highest BCUT2D eigenvalue weighted by molar-refractivity contribution is 6.31. The van der Waals surface area contributed by atoms with Crippen molar-refractivity contribution in [3.05, 3.63) is 52.7 Å². The Morgan fingerprint density at radius 2 is 2.05 bits per heavy atom. The molecule has 1 aromatic heterocycles. The van der Waals surface area contributed by atoms with Crippen molar-refractivity contribution < 1.29 is 4.74 Å². The summed E-state index contributed by atoms with van der Waals surface area (Å²) in [5, 5.41) is 3.79. The number of hydrogen-bond donors (Lipinski definition) is 1. The molecule has 3 nitrogen and oxygen atoms in total. The first-order chi connectivity index (χ1) is 9.72. The largest absolute Gasteiger partial charge is 0.487 e. The summed E-state index contributed by atoms with van der Waals surface area (Å²) in [6, 6.07) is 11.8. The van der Waals surface area contributed by atoms with E-state index in [1.165, 1.54) is 5.56 Å². The molecule has 0 saturated heterocycles. The highest BCUT2D eigenvalue weighted by Gasteiger charge is 2.05. The fourth-order valence-electron chi connectivity index (χ4n) is 1.87. The van der Waals surface area contributed by atoms with Crippen LogP contribution in [0.1, 0.15) is 25.1 Å². The van der Waals surface area contributed by atoms with Crippen LogP contribution in [0.3, 0.4) is 0 Å². The number of hydrogen-bond acceptors (Lipinski definition) is 3. The van der Waals surface area contributed by atoms with Gasteiger partial charge in [-0.15, -0.1) is 0 Å². The number of halogens is 1. The summed E-state index contributed by atoms with van der Waals surface area (Å²) in [6.45, 7) is 5.35. The number of ether oxygens (including phenoxy) is 1. The third-order valence-electron chi connectivity index (χ3n) is 2.96. The Labute approximate surface area is 124 Å². The van der Waals surface area contributed by atoms with E-state index < -0.39 is 0 Å². The van der Waals surface area contributed by atoms with Crippen molar-refractivity contribution in [3.8, 4) is 5.75 Å². The third-order valence-corrected chi connectivity index (χ3v) is 3.30. The average molecular weight is 291 g/mol. The van der Waals surface area contributed by atoms with Crippen LogP contribution >= 0.6 is 11.6 Å². The van der Waals surface area contributed by atoms with E-state index in [1.807, 2.05) is 37.3 Å². The van der Waals surface area contributed by atoms with Crippen molar-refractivity contribution >= 4 is 17.4 Å². The first-order valence-corrected chi connectivity index (χ1v) is 7.21. The van der Waals surface area contributed by atoms with Gasteiger partial charge in [0.05, 0.1) is 10.7 Å². The fraction of sp³-hybridized carbons (Fsp3) is 0.312. The lowest BCUT2D eigenvalue weighted by Crippen LogP contribution is -2.04. The summed E-state index contributed by atoms with van der Waals surface area (Å²) >= 11 is 6.15. The maximum Gasteiger partial charge on any atom is 0.132 e. The van der Waals surface area contributed by atoms with Gasteiger partial charge in [0.15, 0.2) is 0 Å².